The number of ether oxygens (including phenoxy) is 1. The monoisotopic (exact) mass is 590 g/mol. The summed E-state index contributed by atoms with van der Waals surface area (Å²) in [5.41, 5.74) is -2.38. The second-order valence-corrected chi connectivity index (χ2v) is 9.00. The van der Waals surface area contributed by atoms with Crippen LogP contribution in [0.1, 0.15) is 35.6 Å². The van der Waals surface area contributed by atoms with E-state index in [1.54, 1.807) is 12.1 Å². The average molecular weight is 590 g/mol. The molecule has 0 aromatic heterocycles. The maximum absolute atomic E-state index is 14.8. The minimum absolute atomic E-state index is 0.215. The Labute approximate surface area is 234 Å². The maximum Gasteiger partial charge on any atom is 0.432 e. The molecule has 0 saturated carbocycles. The van der Waals surface area contributed by atoms with Crippen LogP contribution in [0.25, 0.3) is 11.1 Å². The molecule has 42 heavy (non-hydrogen) atoms. The summed E-state index contributed by atoms with van der Waals surface area (Å²) >= 11 is 0. The molecular formula is C32H19F9O. The quantitative estimate of drug-likeness (QED) is 0.0902. The van der Waals surface area contributed by atoms with E-state index in [1.807, 2.05) is 31.2 Å². The van der Waals surface area contributed by atoms with Crippen molar-refractivity contribution in [3.63, 3.8) is 0 Å². The topological polar surface area (TPSA) is 9.23 Å². The van der Waals surface area contributed by atoms with Crippen molar-refractivity contribution in [1.29, 1.82) is 0 Å². The van der Waals surface area contributed by atoms with Gasteiger partial charge in [0.05, 0.1) is 5.56 Å². The van der Waals surface area contributed by atoms with Crippen molar-refractivity contribution in [2.24, 2.45) is 0 Å². The van der Waals surface area contributed by atoms with Gasteiger partial charge in [-0.2, -0.15) is 8.78 Å². The number of halogens is 9. The largest absolute Gasteiger partial charge is 0.432 e. The standard InChI is InChI=1S/C32H19F9O/c1-2-3-4-5-18-6-8-19(9-7-18)10-11-20-12-25(35)30(26(36)13-20)32(40,41)42-22-16-23(33)29(24(34)17-22)21-14-27(37)31(39)28(38)15-21/h2-3,6-9,12-17H,4-5H2,1H3/b3-2+. The van der Waals surface area contributed by atoms with Crippen molar-refractivity contribution in [1.82, 2.24) is 0 Å². The summed E-state index contributed by atoms with van der Waals surface area (Å²) < 4.78 is 133. The number of hydrogen-bond acceptors (Lipinski definition) is 1. The molecule has 0 saturated heterocycles. The van der Waals surface area contributed by atoms with Gasteiger partial charge >= 0.3 is 6.11 Å². The van der Waals surface area contributed by atoms with Crippen LogP contribution in [-0.4, -0.2) is 0 Å². The van der Waals surface area contributed by atoms with Crippen LogP contribution in [-0.2, 0) is 12.5 Å². The summed E-state index contributed by atoms with van der Waals surface area (Å²) in [5, 5.41) is 0. The normalized spacial score (nSPS) is 11.5. The highest BCUT2D eigenvalue weighted by atomic mass is 19.3. The first kappa shape index (κ1) is 30.3. The molecular weight excluding hydrogens is 571 g/mol. The molecule has 216 valence electrons. The Morgan fingerprint density at radius 3 is 1.79 bits per heavy atom. The van der Waals surface area contributed by atoms with Gasteiger partial charge in [0, 0.05) is 23.3 Å². The lowest BCUT2D eigenvalue weighted by Gasteiger charge is -2.20. The average Bonchev–Trinajstić information content (AvgIpc) is 2.90. The van der Waals surface area contributed by atoms with Gasteiger partial charge < -0.3 is 4.74 Å². The van der Waals surface area contributed by atoms with Crippen molar-refractivity contribution in [3.05, 3.63) is 136 Å². The lowest BCUT2D eigenvalue weighted by Crippen LogP contribution is -2.25. The number of rotatable bonds is 7. The fraction of sp³-hybridized carbons (Fsp3) is 0.125. The molecule has 4 aromatic rings. The number of allylic oxidation sites excluding steroid dienone is 2. The smallest absolute Gasteiger partial charge is 0.429 e. The Morgan fingerprint density at radius 2 is 1.24 bits per heavy atom. The summed E-state index contributed by atoms with van der Waals surface area (Å²) in [6.45, 7) is 1.92. The predicted octanol–water partition coefficient (Wildman–Crippen LogP) is 9.36. The molecule has 0 N–H and O–H groups in total. The van der Waals surface area contributed by atoms with Gasteiger partial charge in [-0.25, -0.2) is 30.7 Å². The third-order valence-corrected chi connectivity index (χ3v) is 6.01. The summed E-state index contributed by atoms with van der Waals surface area (Å²) in [7, 11) is 0. The number of alkyl halides is 2. The molecule has 0 atom stereocenters. The van der Waals surface area contributed by atoms with Gasteiger partial charge in [0.15, 0.2) is 17.5 Å². The van der Waals surface area contributed by atoms with Crippen LogP contribution in [0.5, 0.6) is 5.75 Å². The molecule has 0 bridgehead atoms. The highest BCUT2D eigenvalue weighted by Crippen LogP contribution is 2.38. The molecule has 1 nitrogen and oxygen atoms in total. The molecule has 4 aromatic carbocycles. The van der Waals surface area contributed by atoms with Gasteiger partial charge in [-0.1, -0.05) is 36.1 Å². The lowest BCUT2D eigenvalue weighted by molar-refractivity contribution is -0.189. The van der Waals surface area contributed by atoms with E-state index in [-0.39, 0.29) is 17.7 Å². The Morgan fingerprint density at radius 1 is 0.690 bits per heavy atom. The minimum Gasteiger partial charge on any atom is -0.429 e. The zero-order valence-corrected chi connectivity index (χ0v) is 21.7. The Bertz CT molecular complexity index is 1650. The van der Waals surface area contributed by atoms with Gasteiger partial charge in [0.2, 0.25) is 0 Å². The molecule has 0 unspecified atom stereocenters. The van der Waals surface area contributed by atoms with Crippen molar-refractivity contribution in [2.75, 3.05) is 0 Å². The van der Waals surface area contributed by atoms with E-state index in [0.717, 1.165) is 18.4 Å². The molecule has 10 heteroatoms. The van der Waals surface area contributed by atoms with Gasteiger partial charge in [0.1, 0.15) is 34.6 Å². The van der Waals surface area contributed by atoms with Crippen LogP contribution in [0.4, 0.5) is 39.5 Å². The van der Waals surface area contributed by atoms with Gasteiger partial charge in [-0.05, 0) is 67.3 Å². The van der Waals surface area contributed by atoms with Gasteiger partial charge in [0.25, 0.3) is 0 Å². The van der Waals surface area contributed by atoms with E-state index in [1.165, 1.54) is 0 Å². The summed E-state index contributed by atoms with van der Waals surface area (Å²) in [4.78, 5) is 0. The molecule has 0 radical (unpaired) electrons. The zero-order chi connectivity index (χ0) is 30.6. The Hall–Kier alpha value is -4.65. The predicted molar refractivity (Wildman–Crippen MR) is 138 cm³/mol. The van der Waals surface area contributed by atoms with Crippen LogP contribution in [0.2, 0.25) is 0 Å². The van der Waals surface area contributed by atoms with Crippen LogP contribution >= 0.6 is 0 Å². The van der Waals surface area contributed by atoms with Crippen molar-refractivity contribution in [3.8, 4) is 28.7 Å². The molecule has 0 aliphatic rings. The van der Waals surface area contributed by atoms with E-state index >= 15 is 0 Å². The fourth-order valence-corrected chi connectivity index (χ4v) is 4.02. The van der Waals surface area contributed by atoms with Crippen molar-refractivity contribution >= 4 is 0 Å². The zero-order valence-electron chi connectivity index (χ0n) is 21.7. The van der Waals surface area contributed by atoms with E-state index in [4.69, 9.17) is 0 Å². The lowest BCUT2D eigenvalue weighted by atomic mass is 10.0. The molecule has 0 aliphatic heterocycles. The SMILES string of the molecule is C/C=C/CCc1ccc(C#Cc2cc(F)c(C(F)(F)Oc3cc(F)c(-c4cc(F)c(F)c(F)c4)c(F)c3)c(F)c2)cc1. The number of aryl methyl sites for hydroxylation is 1. The molecule has 0 heterocycles. The number of benzene rings is 4. The molecule has 4 rings (SSSR count). The Kier molecular flexibility index (Phi) is 9.00. The second kappa shape index (κ2) is 12.5. The Balaban J connectivity index is 1.56. The number of hydrogen-bond donors (Lipinski definition) is 0. The maximum atomic E-state index is 14.8. The van der Waals surface area contributed by atoms with Crippen LogP contribution in [0, 0.1) is 52.6 Å². The first-order chi connectivity index (χ1) is 19.9. The first-order valence-electron chi connectivity index (χ1n) is 12.3. The van der Waals surface area contributed by atoms with Crippen molar-refractivity contribution < 1.29 is 44.3 Å². The van der Waals surface area contributed by atoms with E-state index in [9.17, 15) is 39.5 Å². The second-order valence-electron chi connectivity index (χ2n) is 9.00. The van der Waals surface area contributed by atoms with Crippen LogP contribution < -0.4 is 4.74 Å². The third-order valence-electron chi connectivity index (χ3n) is 6.01. The third kappa shape index (κ3) is 6.79. The van der Waals surface area contributed by atoms with Gasteiger partial charge in [-0.15, -0.1) is 0 Å². The highest BCUT2D eigenvalue weighted by molar-refractivity contribution is 5.66. The first-order valence-corrected chi connectivity index (χ1v) is 12.3. The van der Waals surface area contributed by atoms with E-state index in [0.29, 0.717) is 29.8 Å². The van der Waals surface area contributed by atoms with Crippen LogP contribution in [0.15, 0.2) is 72.8 Å². The molecule has 0 aliphatic carbocycles. The van der Waals surface area contributed by atoms with Gasteiger partial charge in [-0.3, -0.25) is 0 Å². The van der Waals surface area contributed by atoms with E-state index < -0.39 is 69.3 Å². The van der Waals surface area contributed by atoms with E-state index in [2.05, 4.69) is 16.6 Å². The highest BCUT2D eigenvalue weighted by Gasteiger charge is 2.41. The summed E-state index contributed by atoms with van der Waals surface area (Å²) in [5.74, 6) is -8.12. The van der Waals surface area contributed by atoms with Crippen LogP contribution in [0.3, 0.4) is 0 Å². The van der Waals surface area contributed by atoms with Crippen molar-refractivity contribution in [2.45, 2.75) is 25.9 Å². The fourth-order valence-electron chi connectivity index (χ4n) is 4.02. The summed E-state index contributed by atoms with van der Waals surface area (Å²) in [6.07, 6.45) is 0.868. The minimum atomic E-state index is -4.75. The summed E-state index contributed by atoms with van der Waals surface area (Å²) in [6, 6.07) is 9.21. The molecule has 0 fully saturated rings. The molecule has 0 spiro atoms. The molecule has 0 amide bonds.